The highest BCUT2D eigenvalue weighted by molar-refractivity contribution is 5.38. The van der Waals surface area contributed by atoms with Gasteiger partial charge in [-0.3, -0.25) is 4.90 Å². The fourth-order valence-corrected chi connectivity index (χ4v) is 3.04. The molecule has 0 N–H and O–H groups in total. The molecule has 1 aliphatic rings. The molecule has 0 amide bonds. The van der Waals surface area contributed by atoms with Gasteiger partial charge in [-0.05, 0) is 43.9 Å². The maximum Gasteiger partial charge on any atom is 0.128 e. The Kier molecular flexibility index (Phi) is 5.41. The van der Waals surface area contributed by atoms with Crippen LogP contribution < -0.4 is 4.90 Å². The molecule has 20 heavy (non-hydrogen) atoms. The number of anilines is 1. The van der Waals surface area contributed by atoms with Gasteiger partial charge in [-0.25, -0.2) is 4.98 Å². The lowest BCUT2D eigenvalue weighted by atomic mass is 9.95. The van der Waals surface area contributed by atoms with Gasteiger partial charge in [0.1, 0.15) is 5.82 Å². The largest absolute Gasteiger partial charge is 0.360 e. The van der Waals surface area contributed by atoms with E-state index in [0.29, 0.717) is 6.04 Å². The quantitative estimate of drug-likeness (QED) is 0.816. The van der Waals surface area contributed by atoms with E-state index in [1.54, 1.807) is 0 Å². The number of aromatic nitrogens is 1. The molecule has 2 heterocycles. The number of hydrogen-bond acceptors (Lipinski definition) is 3. The molecule has 0 aliphatic carbocycles. The molecule has 0 unspecified atom stereocenters. The summed E-state index contributed by atoms with van der Waals surface area (Å²) in [6.07, 6.45) is 6.05. The van der Waals surface area contributed by atoms with Gasteiger partial charge in [-0.1, -0.05) is 26.3 Å². The van der Waals surface area contributed by atoms with E-state index in [0.717, 1.165) is 18.3 Å². The maximum absolute atomic E-state index is 4.64. The average molecular weight is 275 g/mol. The van der Waals surface area contributed by atoms with E-state index in [1.807, 2.05) is 0 Å². The zero-order valence-corrected chi connectivity index (χ0v) is 13.5. The van der Waals surface area contributed by atoms with Crippen LogP contribution in [0.5, 0.6) is 0 Å². The smallest absolute Gasteiger partial charge is 0.128 e. The summed E-state index contributed by atoms with van der Waals surface area (Å²) in [5.74, 6) is 1.80. The summed E-state index contributed by atoms with van der Waals surface area (Å²) >= 11 is 0. The fourth-order valence-electron chi connectivity index (χ4n) is 3.04. The van der Waals surface area contributed by atoms with Gasteiger partial charge >= 0.3 is 0 Å². The second-order valence-corrected chi connectivity index (χ2v) is 6.36. The van der Waals surface area contributed by atoms with E-state index in [4.69, 9.17) is 0 Å². The molecule has 3 nitrogen and oxygen atoms in total. The molecule has 1 aromatic heterocycles. The van der Waals surface area contributed by atoms with Gasteiger partial charge < -0.3 is 4.90 Å². The maximum atomic E-state index is 4.64. The molecule has 0 bridgehead atoms. The molecule has 1 aliphatic heterocycles. The Morgan fingerprint density at radius 2 is 2.15 bits per heavy atom. The van der Waals surface area contributed by atoms with Crippen molar-refractivity contribution in [3.8, 4) is 0 Å². The minimum Gasteiger partial charge on any atom is -0.360 e. The topological polar surface area (TPSA) is 19.4 Å². The van der Waals surface area contributed by atoms with E-state index >= 15 is 0 Å². The first kappa shape index (κ1) is 15.3. The Bertz CT molecular complexity index is 399. The Morgan fingerprint density at radius 1 is 1.35 bits per heavy atom. The molecule has 1 saturated heterocycles. The van der Waals surface area contributed by atoms with Crippen LogP contribution in [0.1, 0.15) is 51.6 Å². The van der Waals surface area contributed by atoms with Crippen LogP contribution in [0.2, 0.25) is 0 Å². The zero-order chi connectivity index (χ0) is 14.5. The zero-order valence-electron chi connectivity index (χ0n) is 13.5. The Morgan fingerprint density at radius 3 is 2.75 bits per heavy atom. The summed E-state index contributed by atoms with van der Waals surface area (Å²) in [7, 11) is 2.09. The predicted molar refractivity (Wildman–Crippen MR) is 86.2 cm³/mol. The average Bonchev–Trinajstić information content (AvgIpc) is 2.46. The van der Waals surface area contributed by atoms with E-state index < -0.39 is 0 Å². The van der Waals surface area contributed by atoms with Gasteiger partial charge in [0.05, 0.1) is 0 Å². The summed E-state index contributed by atoms with van der Waals surface area (Å²) < 4.78 is 0. The lowest BCUT2D eigenvalue weighted by Crippen LogP contribution is -2.36. The highest BCUT2D eigenvalue weighted by Gasteiger charge is 2.24. The lowest BCUT2D eigenvalue weighted by Gasteiger charge is -2.37. The van der Waals surface area contributed by atoms with Crippen LogP contribution in [0.4, 0.5) is 5.82 Å². The third-order valence-electron chi connectivity index (χ3n) is 4.23. The van der Waals surface area contributed by atoms with Crippen LogP contribution in [0.25, 0.3) is 0 Å². The van der Waals surface area contributed by atoms with E-state index in [-0.39, 0.29) is 0 Å². The number of piperidine rings is 1. The summed E-state index contributed by atoms with van der Waals surface area (Å²) in [5.41, 5.74) is 1.39. The molecule has 3 heteroatoms. The molecule has 0 aromatic carbocycles. The van der Waals surface area contributed by atoms with E-state index in [9.17, 15) is 0 Å². The van der Waals surface area contributed by atoms with Gasteiger partial charge in [-0.2, -0.15) is 0 Å². The van der Waals surface area contributed by atoms with Crippen molar-refractivity contribution in [1.82, 2.24) is 9.88 Å². The minimum atomic E-state index is 0.569. The molecule has 112 valence electrons. The van der Waals surface area contributed by atoms with Crippen LogP contribution in [0, 0.1) is 5.92 Å². The standard InChI is InChI=1S/C17H29N3/c1-5-19(4)17-10-9-15(12-18-17)16-8-6-7-11-20(16)13-14(2)3/h9-10,12,14,16H,5-8,11,13H2,1-4H3/t16-/m1/s1. The van der Waals surface area contributed by atoms with Crippen molar-refractivity contribution < 1.29 is 0 Å². The molecule has 0 radical (unpaired) electrons. The number of likely N-dealkylation sites (tertiary alicyclic amines) is 1. The SMILES string of the molecule is CCN(C)c1ccc([C@H]2CCCCN2CC(C)C)cn1. The van der Waals surface area contributed by atoms with Crippen molar-refractivity contribution in [2.45, 2.75) is 46.1 Å². The van der Waals surface area contributed by atoms with Crippen molar-refractivity contribution in [3.63, 3.8) is 0 Å². The minimum absolute atomic E-state index is 0.569. The Hall–Kier alpha value is -1.09. The Labute approximate surface area is 124 Å². The van der Waals surface area contributed by atoms with Crippen molar-refractivity contribution in [1.29, 1.82) is 0 Å². The third-order valence-corrected chi connectivity index (χ3v) is 4.23. The normalized spacial score (nSPS) is 20.4. The summed E-state index contributed by atoms with van der Waals surface area (Å²) in [6.45, 7) is 10.2. The number of nitrogens with zero attached hydrogens (tertiary/aromatic N) is 3. The molecule has 1 fully saturated rings. The molecule has 1 atom stereocenters. The number of pyridine rings is 1. The molecular formula is C17H29N3. The Balaban J connectivity index is 2.11. The van der Waals surface area contributed by atoms with Gasteiger partial charge in [0, 0.05) is 32.4 Å². The second kappa shape index (κ2) is 7.07. The van der Waals surface area contributed by atoms with Crippen molar-refractivity contribution in [3.05, 3.63) is 23.9 Å². The predicted octanol–water partition coefficient (Wildman–Crippen LogP) is 3.72. The number of hydrogen-bond donors (Lipinski definition) is 0. The van der Waals surface area contributed by atoms with Crippen LogP contribution in [-0.4, -0.2) is 36.6 Å². The first-order valence-electron chi connectivity index (χ1n) is 8.03. The molecule has 0 spiro atoms. The van der Waals surface area contributed by atoms with Crippen molar-refractivity contribution in [2.24, 2.45) is 5.92 Å². The van der Waals surface area contributed by atoms with Crippen LogP contribution >= 0.6 is 0 Å². The lowest BCUT2D eigenvalue weighted by molar-refractivity contribution is 0.132. The van der Waals surface area contributed by atoms with Gasteiger partial charge in [-0.15, -0.1) is 0 Å². The summed E-state index contributed by atoms with van der Waals surface area (Å²) in [4.78, 5) is 9.46. The highest BCUT2D eigenvalue weighted by Crippen LogP contribution is 2.31. The van der Waals surface area contributed by atoms with Crippen LogP contribution in [-0.2, 0) is 0 Å². The molecule has 2 rings (SSSR count). The van der Waals surface area contributed by atoms with Gasteiger partial charge in [0.2, 0.25) is 0 Å². The van der Waals surface area contributed by atoms with E-state index in [2.05, 4.69) is 60.9 Å². The number of rotatable bonds is 5. The summed E-state index contributed by atoms with van der Waals surface area (Å²) in [5, 5.41) is 0. The van der Waals surface area contributed by atoms with Gasteiger partial charge in [0.25, 0.3) is 0 Å². The van der Waals surface area contributed by atoms with Crippen LogP contribution in [0.15, 0.2) is 18.3 Å². The molecular weight excluding hydrogens is 246 g/mol. The highest BCUT2D eigenvalue weighted by atomic mass is 15.2. The fraction of sp³-hybridized carbons (Fsp3) is 0.706. The van der Waals surface area contributed by atoms with Crippen LogP contribution in [0.3, 0.4) is 0 Å². The monoisotopic (exact) mass is 275 g/mol. The van der Waals surface area contributed by atoms with E-state index in [1.165, 1.54) is 37.9 Å². The van der Waals surface area contributed by atoms with Crippen molar-refractivity contribution in [2.75, 3.05) is 31.6 Å². The van der Waals surface area contributed by atoms with Crippen molar-refractivity contribution >= 4 is 5.82 Å². The third kappa shape index (κ3) is 3.72. The molecule has 1 aromatic rings. The summed E-state index contributed by atoms with van der Waals surface area (Å²) in [6, 6.07) is 5.01. The first-order chi connectivity index (χ1) is 9.61. The first-order valence-corrected chi connectivity index (χ1v) is 8.03. The van der Waals surface area contributed by atoms with Gasteiger partial charge in [0.15, 0.2) is 0 Å². The second-order valence-electron chi connectivity index (χ2n) is 6.36. The molecule has 0 saturated carbocycles.